The summed E-state index contributed by atoms with van der Waals surface area (Å²) in [6.45, 7) is 6.51. The van der Waals surface area contributed by atoms with Crippen LogP contribution >= 0.6 is 23.2 Å². The van der Waals surface area contributed by atoms with Crippen LogP contribution in [0, 0.1) is 6.92 Å². The highest BCUT2D eigenvalue weighted by Crippen LogP contribution is 2.33. The van der Waals surface area contributed by atoms with Crippen LogP contribution < -0.4 is 19.1 Å². The van der Waals surface area contributed by atoms with E-state index in [-0.39, 0.29) is 28.9 Å². The second-order valence-electron chi connectivity index (χ2n) is 10.1. The number of aryl methyl sites for hydroxylation is 1. The number of ether oxygens (including phenoxy) is 2. The molecule has 0 saturated heterocycles. The van der Waals surface area contributed by atoms with Gasteiger partial charge in [-0.15, -0.1) is 0 Å². The SMILES string of the molecule is CCC(C)NC(=O)C(C)N(Cc1c(Cl)cccc1Cl)C(=O)CN(c1ccc(C)cc1)S(=O)(=O)c1ccc(OC)c(OC)c1. The van der Waals surface area contributed by atoms with Crippen LogP contribution in [-0.4, -0.2) is 58.0 Å². The molecule has 0 heterocycles. The Labute approximate surface area is 263 Å². The van der Waals surface area contributed by atoms with Gasteiger partial charge in [0.1, 0.15) is 12.6 Å². The van der Waals surface area contributed by atoms with E-state index >= 15 is 0 Å². The number of amides is 2. The molecule has 0 radical (unpaired) electrons. The van der Waals surface area contributed by atoms with Crippen molar-refractivity contribution >= 4 is 50.7 Å². The van der Waals surface area contributed by atoms with Gasteiger partial charge in [0.05, 0.1) is 24.8 Å². The molecular weight excluding hydrogens is 613 g/mol. The Hall–Kier alpha value is -3.47. The number of anilines is 1. The van der Waals surface area contributed by atoms with Gasteiger partial charge in [0, 0.05) is 34.3 Å². The van der Waals surface area contributed by atoms with Gasteiger partial charge >= 0.3 is 0 Å². The molecule has 2 amide bonds. The number of nitrogens with zero attached hydrogens (tertiary/aromatic N) is 2. The van der Waals surface area contributed by atoms with Crippen molar-refractivity contribution in [2.45, 2.75) is 57.6 Å². The number of carbonyl (C=O) groups is 2. The molecule has 3 aromatic carbocycles. The Morgan fingerprint density at radius 3 is 2.09 bits per heavy atom. The molecule has 232 valence electrons. The summed E-state index contributed by atoms with van der Waals surface area (Å²) < 4.78 is 39.9. The number of hydrogen-bond acceptors (Lipinski definition) is 6. The van der Waals surface area contributed by atoms with Crippen molar-refractivity contribution in [1.82, 2.24) is 10.2 Å². The van der Waals surface area contributed by atoms with Crippen LogP contribution in [-0.2, 0) is 26.2 Å². The van der Waals surface area contributed by atoms with Gasteiger partial charge in [0.25, 0.3) is 10.0 Å². The minimum Gasteiger partial charge on any atom is -0.493 e. The lowest BCUT2D eigenvalue weighted by Crippen LogP contribution is -2.52. The first-order chi connectivity index (χ1) is 20.3. The van der Waals surface area contributed by atoms with Crippen LogP contribution in [0.3, 0.4) is 0 Å². The first kappa shape index (κ1) is 34.0. The van der Waals surface area contributed by atoms with Crippen LogP contribution in [0.5, 0.6) is 11.5 Å². The highest BCUT2D eigenvalue weighted by atomic mass is 35.5. The van der Waals surface area contributed by atoms with Crippen LogP contribution in [0.2, 0.25) is 10.0 Å². The zero-order valence-corrected chi connectivity index (χ0v) is 27.4. The van der Waals surface area contributed by atoms with Crippen molar-refractivity contribution < 1.29 is 27.5 Å². The summed E-state index contributed by atoms with van der Waals surface area (Å²) in [6, 6.07) is 14.8. The van der Waals surface area contributed by atoms with Crippen molar-refractivity contribution in [3.05, 3.63) is 81.8 Å². The predicted octanol–water partition coefficient (Wildman–Crippen LogP) is 5.85. The molecule has 3 aromatic rings. The number of benzene rings is 3. The zero-order valence-electron chi connectivity index (χ0n) is 25.1. The quantitative estimate of drug-likeness (QED) is 0.249. The maximum Gasteiger partial charge on any atom is 0.264 e. The minimum absolute atomic E-state index is 0.109. The van der Waals surface area contributed by atoms with Crippen LogP contribution in [0.15, 0.2) is 65.6 Å². The van der Waals surface area contributed by atoms with Crippen LogP contribution in [0.1, 0.15) is 38.3 Å². The Morgan fingerprint density at radius 2 is 1.53 bits per heavy atom. The molecule has 0 spiro atoms. The molecule has 2 atom stereocenters. The molecule has 0 aromatic heterocycles. The fraction of sp³-hybridized carbons (Fsp3) is 0.355. The van der Waals surface area contributed by atoms with Gasteiger partial charge in [-0.05, 0) is 63.6 Å². The highest BCUT2D eigenvalue weighted by molar-refractivity contribution is 7.92. The van der Waals surface area contributed by atoms with E-state index < -0.39 is 34.4 Å². The topological polar surface area (TPSA) is 105 Å². The number of nitrogens with one attached hydrogen (secondary N) is 1. The Kier molecular flexibility index (Phi) is 11.7. The standard InChI is InChI=1S/C31H37Cl2N3O6S/c1-7-21(3)34-31(38)22(4)35(18-25-26(32)9-8-10-27(25)33)30(37)19-36(23-13-11-20(2)12-14-23)43(39,40)24-15-16-28(41-5)29(17-24)42-6/h8-17,21-22H,7,18-19H2,1-6H3,(H,34,38). The maximum absolute atomic E-state index is 14.1. The highest BCUT2D eigenvalue weighted by Gasteiger charge is 2.34. The third-order valence-corrected chi connectivity index (χ3v) is 9.58. The van der Waals surface area contributed by atoms with Crippen LogP contribution in [0.25, 0.3) is 0 Å². The summed E-state index contributed by atoms with van der Waals surface area (Å²) in [6.07, 6.45) is 0.688. The second-order valence-corrected chi connectivity index (χ2v) is 12.8. The van der Waals surface area contributed by atoms with E-state index in [1.165, 1.54) is 37.3 Å². The van der Waals surface area contributed by atoms with Gasteiger partial charge in [-0.1, -0.05) is 53.9 Å². The lowest BCUT2D eigenvalue weighted by molar-refractivity contribution is -0.139. The number of halogens is 2. The van der Waals surface area contributed by atoms with Crippen molar-refractivity contribution in [2.24, 2.45) is 0 Å². The molecule has 3 rings (SSSR count). The van der Waals surface area contributed by atoms with E-state index in [0.717, 1.165) is 9.87 Å². The largest absolute Gasteiger partial charge is 0.493 e. The first-order valence-electron chi connectivity index (χ1n) is 13.7. The summed E-state index contributed by atoms with van der Waals surface area (Å²) >= 11 is 12.9. The monoisotopic (exact) mass is 649 g/mol. The second kappa shape index (κ2) is 14.8. The number of carbonyl (C=O) groups excluding carboxylic acids is 2. The van der Waals surface area contributed by atoms with E-state index in [4.69, 9.17) is 32.7 Å². The maximum atomic E-state index is 14.1. The fourth-order valence-corrected chi connectivity index (χ4v) is 6.19. The van der Waals surface area contributed by atoms with Crippen molar-refractivity contribution in [2.75, 3.05) is 25.1 Å². The van der Waals surface area contributed by atoms with Crippen molar-refractivity contribution in [3.8, 4) is 11.5 Å². The summed E-state index contributed by atoms with van der Waals surface area (Å²) in [5.41, 5.74) is 1.61. The molecule has 0 aliphatic heterocycles. The Bertz CT molecular complexity index is 1530. The van der Waals surface area contributed by atoms with Gasteiger partial charge < -0.3 is 19.7 Å². The fourth-order valence-electron chi connectivity index (χ4n) is 4.25. The minimum atomic E-state index is -4.31. The lowest BCUT2D eigenvalue weighted by atomic mass is 10.1. The molecule has 2 unspecified atom stereocenters. The van der Waals surface area contributed by atoms with Gasteiger partial charge in [0.2, 0.25) is 11.8 Å². The van der Waals surface area contributed by atoms with E-state index in [1.54, 1.807) is 49.4 Å². The van der Waals surface area contributed by atoms with E-state index in [1.807, 2.05) is 20.8 Å². The normalized spacial score (nSPS) is 12.7. The molecule has 0 aliphatic carbocycles. The molecule has 12 heteroatoms. The summed E-state index contributed by atoms with van der Waals surface area (Å²) in [5.74, 6) is -0.463. The van der Waals surface area contributed by atoms with Gasteiger partial charge in [-0.25, -0.2) is 8.42 Å². The van der Waals surface area contributed by atoms with E-state index in [2.05, 4.69) is 5.32 Å². The van der Waals surface area contributed by atoms with Crippen molar-refractivity contribution in [1.29, 1.82) is 0 Å². The Balaban J connectivity index is 2.10. The number of hydrogen-bond donors (Lipinski definition) is 1. The average molecular weight is 651 g/mol. The van der Waals surface area contributed by atoms with Gasteiger partial charge in [-0.3, -0.25) is 13.9 Å². The third kappa shape index (κ3) is 8.13. The van der Waals surface area contributed by atoms with Crippen LogP contribution in [0.4, 0.5) is 5.69 Å². The number of rotatable bonds is 13. The molecule has 43 heavy (non-hydrogen) atoms. The van der Waals surface area contributed by atoms with Gasteiger partial charge in [-0.2, -0.15) is 0 Å². The van der Waals surface area contributed by atoms with E-state index in [0.29, 0.717) is 27.8 Å². The molecule has 0 saturated carbocycles. The lowest BCUT2D eigenvalue weighted by Gasteiger charge is -2.33. The zero-order chi connectivity index (χ0) is 31.9. The number of methoxy groups -OCH3 is 2. The van der Waals surface area contributed by atoms with Crippen molar-refractivity contribution in [3.63, 3.8) is 0 Å². The first-order valence-corrected chi connectivity index (χ1v) is 15.9. The molecule has 0 aliphatic rings. The smallest absolute Gasteiger partial charge is 0.264 e. The Morgan fingerprint density at radius 1 is 0.930 bits per heavy atom. The third-order valence-electron chi connectivity index (χ3n) is 7.10. The number of sulfonamides is 1. The van der Waals surface area contributed by atoms with E-state index in [9.17, 15) is 18.0 Å². The van der Waals surface area contributed by atoms with Gasteiger partial charge in [0.15, 0.2) is 11.5 Å². The molecule has 0 bridgehead atoms. The average Bonchev–Trinajstić information content (AvgIpc) is 2.99. The predicted molar refractivity (Wildman–Crippen MR) is 170 cm³/mol. The summed E-state index contributed by atoms with van der Waals surface area (Å²) in [4.78, 5) is 28.5. The summed E-state index contributed by atoms with van der Waals surface area (Å²) in [5, 5.41) is 3.52. The molecule has 0 fully saturated rings. The molecular formula is C31H37Cl2N3O6S. The summed E-state index contributed by atoms with van der Waals surface area (Å²) in [7, 11) is -1.47. The molecule has 9 nitrogen and oxygen atoms in total. The molecule has 1 N–H and O–H groups in total.